The molecule has 0 radical (unpaired) electrons. The molecule has 0 spiro atoms. The third-order valence-electron chi connectivity index (χ3n) is 2.88. The zero-order chi connectivity index (χ0) is 13.7. The average molecular weight is 256 g/mol. The van der Waals surface area contributed by atoms with Gasteiger partial charge in [0.15, 0.2) is 0 Å². The molecule has 0 saturated heterocycles. The van der Waals surface area contributed by atoms with Gasteiger partial charge in [-0.05, 0) is 42.7 Å². The minimum Gasteiger partial charge on any atom is -0.429 e. The molecule has 0 bridgehead atoms. The van der Waals surface area contributed by atoms with Gasteiger partial charge in [0.05, 0.1) is 0 Å². The molecule has 2 aromatic carbocycles. The third kappa shape index (κ3) is 3.85. The monoisotopic (exact) mass is 256 g/mol. The summed E-state index contributed by atoms with van der Waals surface area (Å²) >= 11 is 0. The van der Waals surface area contributed by atoms with Crippen molar-refractivity contribution < 1.29 is 14.3 Å². The van der Waals surface area contributed by atoms with E-state index in [1.807, 2.05) is 56.3 Å². The van der Waals surface area contributed by atoms with E-state index in [2.05, 4.69) is 0 Å². The molecule has 0 amide bonds. The first-order chi connectivity index (χ1) is 9.15. The summed E-state index contributed by atoms with van der Waals surface area (Å²) in [5.41, 5.74) is 3.16. The molecule has 0 aliphatic carbocycles. The van der Waals surface area contributed by atoms with Crippen molar-refractivity contribution >= 4 is 6.16 Å². The minimum absolute atomic E-state index is 0.213. The maximum atomic E-state index is 11.5. The van der Waals surface area contributed by atoms with Crippen molar-refractivity contribution in [1.29, 1.82) is 0 Å². The smallest absolute Gasteiger partial charge is 0.429 e. The van der Waals surface area contributed by atoms with Gasteiger partial charge in [-0.3, -0.25) is 0 Å². The Morgan fingerprint density at radius 3 is 2.42 bits per heavy atom. The molecule has 0 fully saturated rings. The van der Waals surface area contributed by atoms with Gasteiger partial charge in [0, 0.05) is 0 Å². The van der Waals surface area contributed by atoms with E-state index >= 15 is 0 Å². The lowest BCUT2D eigenvalue weighted by atomic mass is 10.1. The molecule has 0 saturated carbocycles. The van der Waals surface area contributed by atoms with Crippen molar-refractivity contribution in [2.45, 2.75) is 20.5 Å². The van der Waals surface area contributed by atoms with E-state index in [1.54, 1.807) is 6.07 Å². The largest absolute Gasteiger partial charge is 0.514 e. The lowest BCUT2D eigenvalue weighted by Gasteiger charge is -2.07. The SMILES string of the molecule is Cc1ccc(OC(=O)OCc2ccccc2)cc1C. The topological polar surface area (TPSA) is 35.5 Å². The second kappa shape index (κ2) is 6.05. The average Bonchev–Trinajstić information content (AvgIpc) is 2.42. The molecule has 0 aliphatic heterocycles. The van der Waals surface area contributed by atoms with E-state index < -0.39 is 6.16 Å². The lowest BCUT2D eigenvalue weighted by Crippen LogP contribution is -2.10. The Kier molecular flexibility index (Phi) is 4.18. The van der Waals surface area contributed by atoms with Crippen LogP contribution in [0.2, 0.25) is 0 Å². The molecule has 0 N–H and O–H groups in total. The number of ether oxygens (including phenoxy) is 2. The number of carbonyl (C=O) groups is 1. The summed E-state index contributed by atoms with van der Waals surface area (Å²) in [7, 11) is 0. The number of hydrogen-bond acceptors (Lipinski definition) is 3. The van der Waals surface area contributed by atoms with Gasteiger partial charge < -0.3 is 9.47 Å². The minimum atomic E-state index is -0.688. The van der Waals surface area contributed by atoms with Crippen LogP contribution in [0, 0.1) is 13.8 Å². The van der Waals surface area contributed by atoms with E-state index in [4.69, 9.17) is 9.47 Å². The first-order valence-electron chi connectivity index (χ1n) is 6.11. The first-order valence-corrected chi connectivity index (χ1v) is 6.11. The van der Waals surface area contributed by atoms with Gasteiger partial charge >= 0.3 is 6.16 Å². The summed E-state index contributed by atoms with van der Waals surface area (Å²) in [6.45, 7) is 4.19. The van der Waals surface area contributed by atoms with Crippen molar-refractivity contribution in [2.24, 2.45) is 0 Å². The standard InChI is InChI=1S/C16H16O3/c1-12-8-9-15(10-13(12)2)19-16(17)18-11-14-6-4-3-5-7-14/h3-10H,11H2,1-2H3. The van der Waals surface area contributed by atoms with Crippen LogP contribution < -0.4 is 4.74 Å². The molecular formula is C16H16O3. The fourth-order valence-corrected chi connectivity index (χ4v) is 1.62. The number of aryl methyl sites for hydroxylation is 2. The van der Waals surface area contributed by atoms with Gasteiger partial charge in [0.2, 0.25) is 0 Å². The summed E-state index contributed by atoms with van der Waals surface area (Å²) in [5.74, 6) is 0.501. The van der Waals surface area contributed by atoms with Gasteiger partial charge in [-0.1, -0.05) is 36.4 Å². The molecular weight excluding hydrogens is 240 g/mol. The Hall–Kier alpha value is -2.29. The quantitative estimate of drug-likeness (QED) is 0.614. The fraction of sp³-hybridized carbons (Fsp3) is 0.188. The normalized spacial score (nSPS) is 10.0. The van der Waals surface area contributed by atoms with Crippen LogP contribution in [-0.4, -0.2) is 6.16 Å². The van der Waals surface area contributed by atoms with Gasteiger partial charge in [0.1, 0.15) is 12.4 Å². The molecule has 3 nitrogen and oxygen atoms in total. The van der Waals surface area contributed by atoms with Gasteiger partial charge in [-0.15, -0.1) is 0 Å². The molecule has 2 rings (SSSR count). The molecule has 0 aromatic heterocycles. The van der Waals surface area contributed by atoms with Crippen LogP contribution in [0.1, 0.15) is 16.7 Å². The second-order valence-corrected chi connectivity index (χ2v) is 4.37. The Bertz CT molecular complexity index is 561. The molecule has 98 valence electrons. The number of hydrogen-bond donors (Lipinski definition) is 0. The predicted molar refractivity (Wildman–Crippen MR) is 73.2 cm³/mol. The van der Waals surface area contributed by atoms with Crippen LogP contribution in [-0.2, 0) is 11.3 Å². The van der Waals surface area contributed by atoms with Crippen LogP contribution in [0.3, 0.4) is 0 Å². The van der Waals surface area contributed by atoms with Gasteiger partial charge in [-0.25, -0.2) is 4.79 Å². The zero-order valence-electron chi connectivity index (χ0n) is 11.1. The number of benzene rings is 2. The molecule has 0 heterocycles. The molecule has 0 aliphatic rings. The third-order valence-corrected chi connectivity index (χ3v) is 2.88. The lowest BCUT2D eigenvalue weighted by molar-refractivity contribution is 0.0927. The van der Waals surface area contributed by atoms with Crippen LogP contribution >= 0.6 is 0 Å². The van der Waals surface area contributed by atoms with Crippen LogP contribution in [0.25, 0.3) is 0 Å². The highest BCUT2D eigenvalue weighted by molar-refractivity contribution is 5.64. The van der Waals surface area contributed by atoms with E-state index in [9.17, 15) is 4.79 Å². The van der Waals surface area contributed by atoms with Crippen molar-refractivity contribution in [3.8, 4) is 5.75 Å². The molecule has 19 heavy (non-hydrogen) atoms. The van der Waals surface area contributed by atoms with Gasteiger partial charge in [-0.2, -0.15) is 0 Å². The second-order valence-electron chi connectivity index (χ2n) is 4.37. The highest BCUT2D eigenvalue weighted by atomic mass is 16.7. The summed E-state index contributed by atoms with van der Waals surface area (Å²) in [6.07, 6.45) is -0.688. The number of carbonyl (C=O) groups excluding carboxylic acids is 1. The van der Waals surface area contributed by atoms with E-state index in [-0.39, 0.29) is 6.61 Å². The van der Waals surface area contributed by atoms with Crippen LogP contribution in [0.5, 0.6) is 5.75 Å². The first kappa shape index (κ1) is 13.1. The molecule has 0 unspecified atom stereocenters. The fourth-order valence-electron chi connectivity index (χ4n) is 1.62. The highest BCUT2D eigenvalue weighted by Crippen LogP contribution is 2.17. The summed E-state index contributed by atoms with van der Waals surface area (Å²) in [6, 6.07) is 15.0. The Labute approximate surface area is 112 Å². The van der Waals surface area contributed by atoms with E-state index in [0.29, 0.717) is 5.75 Å². The van der Waals surface area contributed by atoms with Gasteiger partial charge in [0.25, 0.3) is 0 Å². The highest BCUT2D eigenvalue weighted by Gasteiger charge is 2.07. The Balaban J connectivity index is 1.89. The maximum absolute atomic E-state index is 11.5. The summed E-state index contributed by atoms with van der Waals surface area (Å²) in [4.78, 5) is 11.5. The van der Waals surface area contributed by atoms with E-state index in [1.165, 1.54) is 0 Å². The Morgan fingerprint density at radius 1 is 1.00 bits per heavy atom. The Morgan fingerprint density at radius 2 is 1.74 bits per heavy atom. The number of rotatable bonds is 3. The zero-order valence-corrected chi connectivity index (χ0v) is 11.1. The van der Waals surface area contributed by atoms with Crippen LogP contribution in [0.4, 0.5) is 4.79 Å². The molecule has 2 aromatic rings. The molecule has 0 atom stereocenters. The van der Waals surface area contributed by atoms with Crippen molar-refractivity contribution in [1.82, 2.24) is 0 Å². The summed E-state index contributed by atoms with van der Waals surface area (Å²) < 4.78 is 10.2. The van der Waals surface area contributed by atoms with Crippen LogP contribution in [0.15, 0.2) is 48.5 Å². The van der Waals surface area contributed by atoms with Crippen molar-refractivity contribution in [3.05, 3.63) is 65.2 Å². The van der Waals surface area contributed by atoms with Crippen molar-refractivity contribution in [3.63, 3.8) is 0 Å². The summed E-state index contributed by atoms with van der Waals surface area (Å²) in [5, 5.41) is 0. The molecule has 3 heteroatoms. The predicted octanol–water partition coefficient (Wildman–Crippen LogP) is 4.02. The van der Waals surface area contributed by atoms with Crippen molar-refractivity contribution in [2.75, 3.05) is 0 Å². The van der Waals surface area contributed by atoms with E-state index in [0.717, 1.165) is 16.7 Å². The maximum Gasteiger partial charge on any atom is 0.514 e.